The highest BCUT2D eigenvalue weighted by Gasteiger charge is 2.38. The molecule has 2 aliphatic rings. The number of fused-ring (bicyclic) bond motifs is 1. The van der Waals surface area contributed by atoms with Gasteiger partial charge in [-0.1, -0.05) is 31.5 Å². The molecule has 0 amide bonds. The Hall–Kier alpha value is -0.570. The van der Waals surface area contributed by atoms with E-state index in [1.54, 1.807) is 0 Å². The minimum atomic E-state index is 0.262. The van der Waals surface area contributed by atoms with Crippen LogP contribution in [0.3, 0.4) is 0 Å². The summed E-state index contributed by atoms with van der Waals surface area (Å²) in [5.74, 6) is 0.753. The smallest absolute Gasteiger partial charge is 0.0469 e. The van der Waals surface area contributed by atoms with Gasteiger partial charge in [-0.2, -0.15) is 0 Å². The Bertz CT molecular complexity index is 480. The number of halogens is 1. The Kier molecular flexibility index (Phi) is 4.07. The summed E-state index contributed by atoms with van der Waals surface area (Å²) in [6, 6.07) is 6.76. The predicted octanol–water partition coefficient (Wildman–Crippen LogP) is 3.98. The molecular weight excluding hydrogens is 270 g/mol. The van der Waals surface area contributed by atoms with Crippen molar-refractivity contribution < 1.29 is 4.74 Å². The van der Waals surface area contributed by atoms with Gasteiger partial charge in [-0.25, -0.2) is 0 Å². The normalized spacial score (nSPS) is 25.6. The van der Waals surface area contributed by atoms with Gasteiger partial charge in [0.05, 0.1) is 0 Å². The van der Waals surface area contributed by atoms with Gasteiger partial charge in [-0.15, -0.1) is 0 Å². The van der Waals surface area contributed by atoms with Crippen LogP contribution in [0, 0.1) is 11.3 Å². The molecule has 1 aliphatic heterocycles. The maximum Gasteiger partial charge on any atom is 0.0469 e. The fourth-order valence-corrected chi connectivity index (χ4v) is 3.81. The van der Waals surface area contributed by atoms with Crippen molar-refractivity contribution in [2.75, 3.05) is 19.8 Å². The van der Waals surface area contributed by atoms with Crippen LogP contribution in [0.2, 0.25) is 5.02 Å². The summed E-state index contributed by atoms with van der Waals surface area (Å²) >= 11 is 6.19. The fraction of sp³-hybridized carbons (Fsp3) is 0.647. The second-order valence-corrected chi connectivity index (χ2v) is 7.34. The van der Waals surface area contributed by atoms with E-state index < -0.39 is 0 Å². The summed E-state index contributed by atoms with van der Waals surface area (Å²) in [6.07, 6.45) is 3.50. The molecule has 0 aromatic heterocycles. The lowest BCUT2D eigenvalue weighted by Crippen LogP contribution is -2.36. The third-order valence-electron chi connectivity index (χ3n) is 4.80. The van der Waals surface area contributed by atoms with Crippen LogP contribution in [0.1, 0.15) is 43.9 Å². The summed E-state index contributed by atoms with van der Waals surface area (Å²) in [6.45, 7) is 7.63. The Morgan fingerprint density at radius 2 is 2.05 bits per heavy atom. The van der Waals surface area contributed by atoms with Crippen molar-refractivity contribution in [2.45, 2.75) is 39.2 Å². The van der Waals surface area contributed by atoms with E-state index in [0.717, 1.165) is 37.1 Å². The Labute approximate surface area is 126 Å². The number of rotatable bonds is 3. The first-order chi connectivity index (χ1) is 9.56. The van der Waals surface area contributed by atoms with E-state index >= 15 is 0 Å². The van der Waals surface area contributed by atoms with Gasteiger partial charge in [0.25, 0.3) is 0 Å². The van der Waals surface area contributed by atoms with Gasteiger partial charge < -0.3 is 10.1 Å². The molecular formula is C17H24ClNO. The molecule has 1 aliphatic carbocycles. The summed E-state index contributed by atoms with van der Waals surface area (Å²) in [5, 5.41) is 4.66. The van der Waals surface area contributed by atoms with Crippen molar-refractivity contribution in [1.82, 2.24) is 5.32 Å². The lowest BCUT2D eigenvalue weighted by Gasteiger charge is -2.31. The topological polar surface area (TPSA) is 21.3 Å². The van der Waals surface area contributed by atoms with Gasteiger partial charge in [-0.05, 0) is 60.4 Å². The Morgan fingerprint density at radius 3 is 2.80 bits per heavy atom. The minimum Gasteiger partial charge on any atom is -0.381 e. The molecule has 1 unspecified atom stereocenters. The SMILES string of the molecule is CC1(C)Cc2ccc(Cl)cc2C1NCC1CCOCC1. The monoisotopic (exact) mass is 293 g/mol. The molecule has 110 valence electrons. The van der Waals surface area contributed by atoms with Gasteiger partial charge in [0, 0.05) is 24.3 Å². The second-order valence-electron chi connectivity index (χ2n) is 6.91. The summed E-state index contributed by atoms with van der Waals surface area (Å²) in [4.78, 5) is 0. The van der Waals surface area contributed by atoms with Crippen LogP contribution in [0.15, 0.2) is 18.2 Å². The second kappa shape index (κ2) is 5.67. The maximum absolute atomic E-state index is 6.19. The highest BCUT2D eigenvalue weighted by Crippen LogP contribution is 2.45. The highest BCUT2D eigenvalue weighted by atomic mass is 35.5. The zero-order valence-corrected chi connectivity index (χ0v) is 13.2. The lowest BCUT2D eigenvalue weighted by molar-refractivity contribution is 0.0638. The van der Waals surface area contributed by atoms with Gasteiger partial charge in [-0.3, -0.25) is 0 Å². The lowest BCUT2D eigenvalue weighted by atomic mass is 9.85. The highest BCUT2D eigenvalue weighted by molar-refractivity contribution is 6.30. The fourth-order valence-electron chi connectivity index (χ4n) is 3.63. The molecule has 1 fully saturated rings. The molecule has 0 radical (unpaired) electrons. The first-order valence-electron chi connectivity index (χ1n) is 7.66. The van der Waals surface area contributed by atoms with Crippen LogP contribution in [0.25, 0.3) is 0 Å². The molecule has 1 aromatic rings. The van der Waals surface area contributed by atoms with E-state index in [2.05, 4.69) is 31.3 Å². The van der Waals surface area contributed by atoms with Crippen molar-refractivity contribution in [3.63, 3.8) is 0 Å². The summed E-state index contributed by atoms with van der Waals surface area (Å²) in [5.41, 5.74) is 3.11. The molecule has 0 bridgehead atoms. The van der Waals surface area contributed by atoms with E-state index in [1.807, 2.05) is 6.07 Å². The molecule has 1 saturated heterocycles. The number of benzene rings is 1. The molecule has 3 rings (SSSR count). The number of hydrogen-bond donors (Lipinski definition) is 1. The number of hydrogen-bond acceptors (Lipinski definition) is 2. The van der Waals surface area contributed by atoms with Crippen LogP contribution >= 0.6 is 11.6 Å². The van der Waals surface area contributed by atoms with Crippen LogP contribution in [0.5, 0.6) is 0 Å². The van der Waals surface area contributed by atoms with E-state index in [9.17, 15) is 0 Å². The first kappa shape index (κ1) is 14.4. The molecule has 20 heavy (non-hydrogen) atoms. The van der Waals surface area contributed by atoms with E-state index in [4.69, 9.17) is 16.3 Å². The van der Waals surface area contributed by atoms with Crippen molar-refractivity contribution >= 4 is 11.6 Å². The van der Waals surface area contributed by atoms with Gasteiger partial charge in [0.15, 0.2) is 0 Å². The Morgan fingerprint density at radius 1 is 1.30 bits per heavy atom. The molecule has 3 heteroatoms. The van der Waals surface area contributed by atoms with Crippen LogP contribution < -0.4 is 5.32 Å². The summed E-state index contributed by atoms with van der Waals surface area (Å²) < 4.78 is 5.44. The molecule has 2 nitrogen and oxygen atoms in total. The van der Waals surface area contributed by atoms with Crippen LogP contribution in [-0.4, -0.2) is 19.8 Å². The van der Waals surface area contributed by atoms with Gasteiger partial charge in [0.2, 0.25) is 0 Å². The standard InChI is InChI=1S/C17H24ClNO/c1-17(2)10-13-3-4-14(18)9-15(13)16(17)19-11-12-5-7-20-8-6-12/h3-4,9,12,16,19H,5-8,10-11H2,1-2H3. The zero-order chi connectivity index (χ0) is 14.2. The molecule has 1 heterocycles. The number of nitrogens with one attached hydrogen (secondary N) is 1. The number of ether oxygens (including phenoxy) is 1. The van der Waals surface area contributed by atoms with E-state index in [1.165, 1.54) is 24.0 Å². The summed E-state index contributed by atoms with van der Waals surface area (Å²) in [7, 11) is 0. The average molecular weight is 294 g/mol. The molecule has 0 spiro atoms. The molecule has 1 aromatic carbocycles. The van der Waals surface area contributed by atoms with Crippen molar-refractivity contribution in [2.24, 2.45) is 11.3 Å². The van der Waals surface area contributed by atoms with Gasteiger partial charge >= 0.3 is 0 Å². The van der Waals surface area contributed by atoms with Crippen molar-refractivity contribution in [3.8, 4) is 0 Å². The van der Waals surface area contributed by atoms with Gasteiger partial charge in [0.1, 0.15) is 0 Å². The van der Waals surface area contributed by atoms with Crippen molar-refractivity contribution in [3.05, 3.63) is 34.3 Å². The first-order valence-corrected chi connectivity index (χ1v) is 8.03. The molecule has 0 saturated carbocycles. The third kappa shape index (κ3) is 2.88. The van der Waals surface area contributed by atoms with Crippen LogP contribution in [-0.2, 0) is 11.2 Å². The Balaban J connectivity index is 1.72. The molecule has 1 N–H and O–H groups in total. The van der Waals surface area contributed by atoms with Crippen LogP contribution in [0.4, 0.5) is 0 Å². The van der Waals surface area contributed by atoms with Crippen molar-refractivity contribution in [1.29, 1.82) is 0 Å². The largest absolute Gasteiger partial charge is 0.381 e. The predicted molar refractivity (Wildman–Crippen MR) is 83.2 cm³/mol. The van der Waals surface area contributed by atoms with E-state index in [-0.39, 0.29) is 5.41 Å². The average Bonchev–Trinajstić information content (AvgIpc) is 2.67. The van der Waals surface area contributed by atoms with E-state index in [0.29, 0.717) is 6.04 Å². The third-order valence-corrected chi connectivity index (χ3v) is 5.03. The molecule has 1 atom stereocenters. The minimum absolute atomic E-state index is 0.262. The zero-order valence-electron chi connectivity index (χ0n) is 12.4. The quantitative estimate of drug-likeness (QED) is 0.910. The maximum atomic E-state index is 6.19.